The molecule has 0 aromatic rings. The molecule has 3 N–H and O–H groups in total. The predicted octanol–water partition coefficient (Wildman–Crippen LogP) is 0.661. The zero-order valence-electron chi connectivity index (χ0n) is 10.5. The summed E-state index contributed by atoms with van der Waals surface area (Å²) in [5.74, 6) is -1.29. The van der Waals surface area contributed by atoms with Crippen molar-refractivity contribution in [1.29, 1.82) is 0 Å². The van der Waals surface area contributed by atoms with Gasteiger partial charge in [-0.1, -0.05) is 6.92 Å². The van der Waals surface area contributed by atoms with Gasteiger partial charge in [0.25, 0.3) is 0 Å². The van der Waals surface area contributed by atoms with Crippen molar-refractivity contribution in [1.82, 2.24) is 10.6 Å². The van der Waals surface area contributed by atoms with Crippen LogP contribution in [0.15, 0.2) is 0 Å². The lowest BCUT2D eigenvalue weighted by atomic mass is 9.84. The number of carbonyl (C=O) groups is 1. The minimum Gasteiger partial charge on any atom is -0.396 e. The van der Waals surface area contributed by atoms with Crippen LogP contribution in [-0.4, -0.2) is 42.9 Å². The minimum atomic E-state index is -4.57. The van der Waals surface area contributed by atoms with Crippen LogP contribution in [0, 0.1) is 11.3 Å². The number of alkyl halides is 3. The first kappa shape index (κ1) is 15.2. The Labute approximate surface area is 104 Å². The maximum absolute atomic E-state index is 13.0. The summed E-state index contributed by atoms with van der Waals surface area (Å²) in [7, 11) is 0. The Balaban J connectivity index is 2.79. The van der Waals surface area contributed by atoms with E-state index in [1.165, 1.54) is 0 Å². The maximum Gasteiger partial charge on any atom is 0.404 e. The van der Waals surface area contributed by atoms with Crippen LogP contribution in [0.3, 0.4) is 0 Å². The van der Waals surface area contributed by atoms with Gasteiger partial charge in [0.15, 0.2) is 5.41 Å². The number of hydrogen-bond donors (Lipinski definition) is 3. The number of aliphatic hydroxyl groups excluding tert-OH is 1. The van der Waals surface area contributed by atoms with Crippen LogP contribution in [0.2, 0.25) is 0 Å². The molecule has 0 bridgehead atoms. The number of nitrogens with one attached hydrogen (secondary N) is 2. The van der Waals surface area contributed by atoms with E-state index in [4.69, 9.17) is 5.11 Å². The van der Waals surface area contributed by atoms with Gasteiger partial charge in [0.2, 0.25) is 5.91 Å². The van der Waals surface area contributed by atoms with Crippen molar-refractivity contribution < 1.29 is 23.1 Å². The van der Waals surface area contributed by atoms with Crippen molar-refractivity contribution in [3.63, 3.8) is 0 Å². The molecule has 1 heterocycles. The van der Waals surface area contributed by atoms with Crippen molar-refractivity contribution in [2.45, 2.75) is 32.5 Å². The van der Waals surface area contributed by atoms with E-state index in [1.807, 2.05) is 0 Å². The molecule has 0 aliphatic carbocycles. The number of carbonyl (C=O) groups excluding carboxylic acids is 1. The summed E-state index contributed by atoms with van der Waals surface area (Å²) in [5.41, 5.74) is -2.34. The summed E-state index contributed by atoms with van der Waals surface area (Å²) in [6.45, 7) is 2.86. The molecule has 1 amide bonds. The molecule has 1 rings (SSSR count). The number of hydrogen-bond acceptors (Lipinski definition) is 3. The highest BCUT2D eigenvalue weighted by molar-refractivity contribution is 5.84. The summed E-state index contributed by atoms with van der Waals surface area (Å²) in [6, 6.07) is -0.498. The van der Waals surface area contributed by atoms with Crippen molar-refractivity contribution in [3.8, 4) is 0 Å². The van der Waals surface area contributed by atoms with Crippen LogP contribution in [0.1, 0.15) is 20.3 Å². The van der Waals surface area contributed by atoms with E-state index in [9.17, 15) is 18.0 Å². The highest BCUT2D eigenvalue weighted by Crippen LogP contribution is 2.43. The first-order valence-corrected chi connectivity index (χ1v) is 5.94. The standard InChI is InChI=1S/C11H19F3N2O2/c1-7(5-17)8(2)16-9(18)10(11(12,13)14)3-4-15-6-10/h7-8,15,17H,3-6H2,1-2H3,(H,16,18). The third-order valence-electron chi connectivity index (χ3n) is 3.63. The predicted molar refractivity (Wildman–Crippen MR) is 59.8 cm³/mol. The van der Waals surface area contributed by atoms with Crippen molar-refractivity contribution in [2.75, 3.05) is 19.7 Å². The van der Waals surface area contributed by atoms with Crippen molar-refractivity contribution in [3.05, 3.63) is 0 Å². The highest BCUT2D eigenvalue weighted by atomic mass is 19.4. The number of amides is 1. The first-order valence-electron chi connectivity index (χ1n) is 5.94. The quantitative estimate of drug-likeness (QED) is 0.702. The lowest BCUT2D eigenvalue weighted by Gasteiger charge is -2.31. The highest BCUT2D eigenvalue weighted by Gasteiger charge is 2.61. The average molecular weight is 268 g/mol. The summed E-state index contributed by atoms with van der Waals surface area (Å²) < 4.78 is 39.1. The fraction of sp³-hybridized carbons (Fsp3) is 0.909. The molecule has 1 fully saturated rings. The van der Waals surface area contributed by atoms with Gasteiger partial charge >= 0.3 is 6.18 Å². The fourth-order valence-corrected chi connectivity index (χ4v) is 1.90. The molecule has 0 spiro atoms. The molecule has 0 aromatic heterocycles. The zero-order chi connectivity index (χ0) is 14.0. The van der Waals surface area contributed by atoms with Gasteiger partial charge in [0, 0.05) is 19.2 Å². The second-order valence-corrected chi connectivity index (χ2v) is 4.93. The van der Waals surface area contributed by atoms with Crippen LogP contribution in [0.25, 0.3) is 0 Å². The van der Waals surface area contributed by atoms with Gasteiger partial charge in [-0.3, -0.25) is 4.79 Å². The van der Waals surface area contributed by atoms with Gasteiger partial charge in [0.1, 0.15) is 0 Å². The Morgan fingerprint density at radius 3 is 2.50 bits per heavy atom. The van der Waals surface area contributed by atoms with E-state index in [-0.39, 0.29) is 32.0 Å². The van der Waals surface area contributed by atoms with Crippen molar-refractivity contribution >= 4 is 5.91 Å². The third kappa shape index (κ3) is 2.77. The van der Waals surface area contributed by atoms with Gasteiger partial charge in [-0.15, -0.1) is 0 Å². The van der Waals surface area contributed by atoms with Crippen LogP contribution < -0.4 is 10.6 Å². The molecule has 4 nitrogen and oxygen atoms in total. The maximum atomic E-state index is 13.0. The largest absolute Gasteiger partial charge is 0.404 e. The fourth-order valence-electron chi connectivity index (χ4n) is 1.90. The second kappa shape index (κ2) is 5.44. The van der Waals surface area contributed by atoms with Crippen LogP contribution in [-0.2, 0) is 4.79 Å². The first-order chi connectivity index (χ1) is 8.24. The number of aliphatic hydroxyl groups is 1. The summed E-state index contributed by atoms with van der Waals surface area (Å²) in [4.78, 5) is 11.9. The van der Waals surface area contributed by atoms with E-state index < -0.39 is 23.5 Å². The molecule has 1 aliphatic heterocycles. The monoisotopic (exact) mass is 268 g/mol. The van der Waals surface area contributed by atoms with Gasteiger partial charge in [-0.05, 0) is 25.8 Å². The van der Waals surface area contributed by atoms with Gasteiger partial charge in [-0.25, -0.2) is 0 Å². The lowest BCUT2D eigenvalue weighted by molar-refractivity contribution is -0.216. The molecule has 7 heteroatoms. The molecule has 106 valence electrons. The van der Waals surface area contributed by atoms with E-state index in [1.54, 1.807) is 13.8 Å². The molecule has 3 atom stereocenters. The second-order valence-electron chi connectivity index (χ2n) is 4.93. The Morgan fingerprint density at radius 1 is 1.50 bits per heavy atom. The number of rotatable bonds is 4. The third-order valence-corrected chi connectivity index (χ3v) is 3.63. The molecule has 3 unspecified atom stereocenters. The Morgan fingerprint density at radius 2 is 2.11 bits per heavy atom. The molecular formula is C11H19F3N2O2. The molecule has 18 heavy (non-hydrogen) atoms. The van der Waals surface area contributed by atoms with Crippen LogP contribution in [0.5, 0.6) is 0 Å². The summed E-state index contributed by atoms with van der Waals surface area (Å²) >= 11 is 0. The molecule has 0 aromatic carbocycles. The van der Waals surface area contributed by atoms with Crippen LogP contribution >= 0.6 is 0 Å². The topological polar surface area (TPSA) is 61.4 Å². The molecule has 0 saturated carbocycles. The van der Waals surface area contributed by atoms with Gasteiger partial charge < -0.3 is 15.7 Å². The number of halogens is 3. The normalized spacial score (nSPS) is 27.9. The average Bonchev–Trinajstić information content (AvgIpc) is 2.77. The smallest absolute Gasteiger partial charge is 0.396 e. The molecule has 1 saturated heterocycles. The minimum absolute atomic E-state index is 0.177. The van der Waals surface area contributed by atoms with Crippen molar-refractivity contribution in [2.24, 2.45) is 11.3 Å². The van der Waals surface area contributed by atoms with Gasteiger partial charge in [-0.2, -0.15) is 13.2 Å². The zero-order valence-corrected chi connectivity index (χ0v) is 10.5. The SMILES string of the molecule is CC(CO)C(C)NC(=O)C1(C(F)(F)F)CCNC1. The Bertz CT molecular complexity index is 301. The summed E-state index contributed by atoms with van der Waals surface area (Å²) in [6.07, 6.45) is -4.81. The van der Waals surface area contributed by atoms with E-state index in [0.29, 0.717) is 0 Å². The molecule has 0 radical (unpaired) electrons. The molecular weight excluding hydrogens is 249 g/mol. The van der Waals surface area contributed by atoms with E-state index >= 15 is 0 Å². The molecule has 1 aliphatic rings. The van der Waals surface area contributed by atoms with E-state index in [2.05, 4.69) is 10.6 Å². The Kier molecular flexibility index (Phi) is 4.61. The lowest BCUT2D eigenvalue weighted by Crippen LogP contribution is -2.55. The summed E-state index contributed by atoms with van der Waals surface area (Å²) in [5, 5.41) is 13.9. The van der Waals surface area contributed by atoms with Gasteiger partial charge in [0.05, 0.1) is 0 Å². The van der Waals surface area contributed by atoms with Crippen LogP contribution in [0.4, 0.5) is 13.2 Å². The Hall–Kier alpha value is -0.820. The van der Waals surface area contributed by atoms with E-state index in [0.717, 1.165) is 0 Å².